The number of carbonyl (C=O) groups is 1. The minimum Gasteiger partial charge on any atom is -0.494 e. The van der Waals surface area contributed by atoms with E-state index in [-0.39, 0.29) is 5.56 Å². The number of hydrogen-bond donors (Lipinski definition) is 5. The molecule has 1 heterocycles. The first kappa shape index (κ1) is 23.3. The van der Waals surface area contributed by atoms with E-state index in [9.17, 15) is 9.90 Å². The van der Waals surface area contributed by atoms with Gasteiger partial charge < -0.3 is 29.5 Å². The maximum Gasteiger partial charge on any atom is 0.466 e. The Labute approximate surface area is 172 Å². The molecule has 0 atom stereocenters. The van der Waals surface area contributed by atoms with E-state index >= 15 is 0 Å². The molecule has 9 nitrogen and oxygen atoms in total. The van der Waals surface area contributed by atoms with Crippen LogP contribution in [0.4, 0.5) is 0 Å². The second kappa shape index (κ2) is 10.7. The molecule has 5 N–H and O–H groups in total. The monoisotopic (exact) mass is 434 g/mol. The maximum absolute atomic E-state index is 11.2. The highest BCUT2D eigenvalue weighted by Crippen LogP contribution is 2.25. The van der Waals surface area contributed by atoms with E-state index in [2.05, 4.69) is 16.9 Å². The van der Waals surface area contributed by atoms with Crippen LogP contribution in [-0.4, -0.2) is 42.3 Å². The van der Waals surface area contributed by atoms with Gasteiger partial charge in [-0.05, 0) is 42.3 Å². The van der Waals surface area contributed by atoms with Crippen molar-refractivity contribution in [3.63, 3.8) is 0 Å². The molecule has 3 rings (SSSR count). The second-order valence-corrected chi connectivity index (χ2v) is 7.27. The van der Waals surface area contributed by atoms with Gasteiger partial charge in [0.15, 0.2) is 0 Å². The van der Waals surface area contributed by atoms with Crippen molar-refractivity contribution in [1.29, 1.82) is 0 Å². The first-order valence-corrected chi connectivity index (χ1v) is 10.6. The second-order valence-electron chi connectivity index (χ2n) is 6.25. The number of ether oxygens (including phenoxy) is 1. The number of imidazole rings is 1. The Morgan fingerprint density at radius 2 is 1.80 bits per heavy atom. The summed E-state index contributed by atoms with van der Waals surface area (Å²) in [5.74, 6) is 0.499. The van der Waals surface area contributed by atoms with E-state index < -0.39 is 13.8 Å². The van der Waals surface area contributed by atoms with Gasteiger partial charge in [-0.25, -0.2) is 14.3 Å². The van der Waals surface area contributed by atoms with E-state index in [4.69, 9.17) is 24.0 Å². The van der Waals surface area contributed by atoms with E-state index in [0.29, 0.717) is 16.9 Å². The smallest absolute Gasteiger partial charge is 0.466 e. The largest absolute Gasteiger partial charge is 0.494 e. The number of H-pyrrole nitrogens is 1. The first-order chi connectivity index (χ1) is 14.2. The molecule has 0 saturated carbocycles. The molecule has 160 valence electrons. The van der Waals surface area contributed by atoms with Crippen molar-refractivity contribution in [3.8, 4) is 5.75 Å². The third kappa shape index (κ3) is 7.81. The number of phosphoric acid groups is 1. The van der Waals surface area contributed by atoms with Gasteiger partial charge in [0.2, 0.25) is 0 Å². The molecule has 0 unspecified atom stereocenters. The molecule has 0 radical (unpaired) electrons. The molecule has 30 heavy (non-hydrogen) atoms. The van der Waals surface area contributed by atoms with Crippen molar-refractivity contribution in [2.75, 3.05) is 6.61 Å². The van der Waals surface area contributed by atoms with E-state index in [1.165, 1.54) is 0 Å². The zero-order valence-corrected chi connectivity index (χ0v) is 17.1. The van der Waals surface area contributed by atoms with Crippen LogP contribution in [0.3, 0.4) is 0 Å². The maximum atomic E-state index is 11.2. The normalized spacial score (nSPS) is 11.3. The summed E-state index contributed by atoms with van der Waals surface area (Å²) in [6, 6.07) is 12.9. The van der Waals surface area contributed by atoms with Gasteiger partial charge in [0.25, 0.3) is 0 Å². The lowest BCUT2D eigenvalue weighted by atomic mass is 10.2. The third-order valence-electron chi connectivity index (χ3n) is 3.84. The average Bonchev–Trinajstić information content (AvgIpc) is 3.09. The molecule has 0 fully saturated rings. The Morgan fingerprint density at radius 1 is 1.13 bits per heavy atom. The summed E-state index contributed by atoms with van der Waals surface area (Å²) in [6.07, 6.45) is 5.92. The number of nitrogens with zero attached hydrogens (tertiary/aromatic N) is 1. The van der Waals surface area contributed by atoms with Crippen LogP contribution in [-0.2, 0) is 4.57 Å². The molecule has 2 aromatic carbocycles. The van der Waals surface area contributed by atoms with Crippen LogP contribution in [0.5, 0.6) is 5.75 Å². The van der Waals surface area contributed by atoms with Gasteiger partial charge >= 0.3 is 13.8 Å². The number of hydrogen-bond acceptors (Lipinski definition) is 4. The molecule has 0 aliphatic rings. The quantitative estimate of drug-likeness (QED) is 0.279. The summed E-state index contributed by atoms with van der Waals surface area (Å²) < 4.78 is 14.5. The highest BCUT2D eigenvalue weighted by Gasteiger charge is 2.11. The average molecular weight is 434 g/mol. The van der Waals surface area contributed by atoms with Gasteiger partial charge in [-0.2, -0.15) is 0 Å². The van der Waals surface area contributed by atoms with Crippen molar-refractivity contribution in [2.24, 2.45) is 0 Å². The number of aromatic amines is 1. The van der Waals surface area contributed by atoms with Crippen molar-refractivity contribution in [3.05, 3.63) is 59.4 Å². The Hall–Kier alpha value is -2.97. The molecule has 0 saturated heterocycles. The summed E-state index contributed by atoms with van der Waals surface area (Å²) in [5, 5.41) is 9.22. The summed E-state index contributed by atoms with van der Waals surface area (Å²) >= 11 is 0. The van der Waals surface area contributed by atoms with Crippen molar-refractivity contribution in [1.82, 2.24) is 9.97 Å². The molecule has 0 bridgehead atoms. The number of rotatable bonds is 7. The lowest BCUT2D eigenvalue weighted by molar-refractivity contribution is 0.0698. The Kier molecular flexibility index (Phi) is 8.32. The van der Waals surface area contributed by atoms with E-state index in [1.54, 1.807) is 12.1 Å². The fraction of sp³-hybridized carbons (Fsp3) is 0.200. The number of aromatic nitrogens is 2. The predicted molar refractivity (Wildman–Crippen MR) is 113 cm³/mol. The highest BCUT2D eigenvalue weighted by atomic mass is 31.2. The van der Waals surface area contributed by atoms with Gasteiger partial charge in [-0.15, -0.1) is 0 Å². The molecule has 0 aliphatic heterocycles. The lowest BCUT2D eigenvalue weighted by Gasteiger charge is -2.04. The standard InChI is InChI=1S/C20H20N2O3.H3O4P/c1-2-3-13-25-15-10-7-14(8-11-15)9-12-18-21-17-6-4-5-16(20(23)24)19(17)22-18;1-5(2,3)4/h4-12H,2-3,13H2,1H3,(H,21,22)(H,23,24);(H3,1,2,3,4)/b12-9+;. The molecule has 0 spiro atoms. The lowest BCUT2D eigenvalue weighted by Crippen LogP contribution is -1.96. The number of unbranched alkanes of at least 4 members (excludes halogenated alkanes) is 1. The minimum atomic E-state index is -4.64. The van der Waals surface area contributed by atoms with Gasteiger partial charge in [-0.1, -0.05) is 37.6 Å². The number of fused-ring (bicyclic) bond motifs is 1. The van der Waals surface area contributed by atoms with Crippen LogP contribution >= 0.6 is 7.82 Å². The Bertz CT molecular complexity index is 1050. The molecular weight excluding hydrogens is 411 g/mol. The summed E-state index contributed by atoms with van der Waals surface area (Å²) in [7, 11) is -4.64. The number of nitrogens with one attached hydrogen (secondary N) is 1. The van der Waals surface area contributed by atoms with Crippen LogP contribution in [0.1, 0.15) is 41.5 Å². The number of para-hydroxylation sites is 1. The fourth-order valence-corrected chi connectivity index (χ4v) is 2.49. The van der Waals surface area contributed by atoms with Crippen LogP contribution in [0.25, 0.3) is 23.2 Å². The van der Waals surface area contributed by atoms with Crippen molar-refractivity contribution >= 4 is 37.0 Å². The van der Waals surface area contributed by atoms with Gasteiger partial charge in [0, 0.05) is 0 Å². The van der Waals surface area contributed by atoms with Gasteiger partial charge in [0.1, 0.15) is 17.1 Å². The number of carboxylic acid groups (broad SMARTS) is 1. The summed E-state index contributed by atoms with van der Waals surface area (Å²) in [5.41, 5.74) is 2.39. The first-order valence-electron chi connectivity index (χ1n) is 9.08. The van der Waals surface area contributed by atoms with E-state index in [0.717, 1.165) is 30.8 Å². The van der Waals surface area contributed by atoms with Crippen LogP contribution < -0.4 is 4.74 Å². The van der Waals surface area contributed by atoms with Gasteiger partial charge in [-0.3, -0.25) is 0 Å². The third-order valence-corrected chi connectivity index (χ3v) is 3.84. The molecule has 3 aromatic rings. The fourth-order valence-electron chi connectivity index (χ4n) is 2.49. The number of benzene rings is 2. The highest BCUT2D eigenvalue weighted by molar-refractivity contribution is 7.45. The molecule has 0 amide bonds. The Morgan fingerprint density at radius 3 is 2.40 bits per heavy atom. The zero-order chi connectivity index (χ0) is 22.1. The molecule has 0 aliphatic carbocycles. The van der Waals surface area contributed by atoms with E-state index in [1.807, 2.05) is 42.5 Å². The van der Waals surface area contributed by atoms with Gasteiger partial charge in [0.05, 0.1) is 17.7 Å². The van der Waals surface area contributed by atoms with Crippen LogP contribution in [0.15, 0.2) is 42.5 Å². The summed E-state index contributed by atoms with van der Waals surface area (Å²) in [6.45, 7) is 2.87. The van der Waals surface area contributed by atoms with Crippen molar-refractivity contribution in [2.45, 2.75) is 19.8 Å². The topological polar surface area (TPSA) is 153 Å². The van der Waals surface area contributed by atoms with Crippen LogP contribution in [0.2, 0.25) is 0 Å². The van der Waals surface area contributed by atoms with Crippen LogP contribution in [0, 0.1) is 0 Å². The molecule has 1 aromatic heterocycles. The molecular formula is C20H23N2O7P. The minimum absolute atomic E-state index is 0.196. The predicted octanol–water partition coefficient (Wildman–Crippen LogP) is 3.68. The zero-order valence-electron chi connectivity index (χ0n) is 16.2. The SMILES string of the molecule is CCCCOc1ccc(/C=C/c2nc3c(C(=O)O)cccc3[nH]2)cc1.O=P(O)(O)O. The Balaban J connectivity index is 0.000000575. The van der Waals surface area contributed by atoms with Crippen molar-refractivity contribution < 1.29 is 33.9 Å². The summed E-state index contributed by atoms with van der Waals surface area (Å²) in [4.78, 5) is 40.3. The molecule has 10 heteroatoms. The number of aromatic carboxylic acids is 1. The number of carboxylic acids is 1.